The molecule has 0 heterocycles. The first kappa shape index (κ1) is 20.5. The Morgan fingerprint density at radius 2 is 1.96 bits per heavy atom. The summed E-state index contributed by atoms with van der Waals surface area (Å²) in [6.07, 6.45) is 5.48. The van der Waals surface area contributed by atoms with Gasteiger partial charge in [-0.05, 0) is 32.4 Å². The lowest BCUT2D eigenvalue weighted by Gasteiger charge is -2.14. The molecule has 0 aliphatic heterocycles. The van der Waals surface area contributed by atoms with Gasteiger partial charge in [0.1, 0.15) is 0 Å². The summed E-state index contributed by atoms with van der Waals surface area (Å²) in [5, 5.41) is 2.79. The Hall–Kier alpha value is -2.50. The van der Waals surface area contributed by atoms with E-state index in [-0.39, 0.29) is 18.6 Å². The van der Waals surface area contributed by atoms with E-state index >= 15 is 0 Å². The normalized spacial score (nSPS) is 11.9. The number of carbonyl (C=O) groups is 2. The van der Waals surface area contributed by atoms with Gasteiger partial charge in [-0.2, -0.15) is 0 Å². The molecule has 6 nitrogen and oxygen atoms in total. The predicted molar refractivity (Wildman–Crippen MR) is 97.0 cm³/mol. The summed E-state index contributed by atoms with van der Waals surface area (Å²) in [6.45, 7) is 5.50. The molecule has 0 aliphatic carbocycles. The Bertz CT molecular complexity index is 624. The number of amides is 1. The topological polar surface area (TPSA) is 73.9 Å². The average Bonchev–Trinajstić information content (AvgIpc) is 2.59. The minimum Gasteiger partial charge on any atom is -0.493 e. The molecule has 0 spiro atoms. The molecule has 0 aromatic heterocycles. The second kappa shape index (κ2) is 10.4. The summed E-state index contributed by atoms with van der Waals surface area (Å²) in [5.74, 6) is 0.0443. The molecule has 0 bridgehead atoms. The van der Waals surface area contributed by atoms with Crippen molar-refractivity contribution < 1.29 is 23.8 Å². The van der Waals surface area contributed by atoms with Crippen LogP contribution in [0.15, 0.2) is 18.2 Å². The second-order valence-corrected chi connectivity index (χ2v) is 5.63. The van der Waals surface area contributed by atoms with Crippen molar-refractivity contribution in [3.63, 3.8) is 0 Å². The van der Waals surface area contributed by atoms with Crippen LogP contribution in [0.2, 0.25) is 0 Å². The van der Waals surface area contributed by atoms with Crippen LogP contribution < -0.4 is 14.8 Å². The summed E-state index contributed by atoms with van der Waals surface area (Å²) < 4.78 is 15.7. The SMILES string of the molecule is C/C=C/c1cc(C(=O)OCC(=O)NC(C)CCC)cc(OC)c1OC. The van der Waals surface area contributed by atoms with Crippen LogP contribution in [0.1, 0.15) is 49.5 Å². The van der Waals surface area contributed by atoms with Gasteiger partial charge in [-0.1, -0.05) is 25.5 Å². The highest BCUT2D eigenvalue weighted by Crippen LogP contribution is 2.33. The van der Waals surface area contributed by atoms with Crippen LogP contribution in [0.3, 0.4) is 0 Å². The molecule has 0 radical (unpaired) electrons. The molecule has 1 aromatic carbocycles. The number of ether oxygens (including phenoxy) is 3. The first-order valence-electron chi connectivity index (χ1n) is 8.31. The van der Waals surface area contributed by atoms with E-state index < -0.39 is 5.97 Å². The molecule has 0 saturated heterocycles. The van der Waals surface area contributed by atoms with Crippen LogP contribution in [0.25, 0.3) is 6.08 Å². The zero-order chi connectivity index (χ0) is 18.8. The molecule has 1 aromatic rings. The Balaban J connectivity index is 2.84. The number of rotatable bonds is 9. The van der Waals surface area contributed by atoms with Gasteiger partial charge in [0.05, 0.1) is 19.8 Å². The standard InChI is InChI=1S/C19H27NO5/c1-6-8-13(3)20-17(21)12-25-19(22)15-10-14(9-7-2)18(24-5)16(11-15)23-4/h7,9-11,13H,6,8,12H2,1-5H3,(H,20,21)/b9-7+. The lowest BCUT2D eigenvalue weighted by atomic mass is 10.1. The zero-order valence-electron chi connectivity index (χ0n) is 15.5. The van der Waals surface area contributed by atoms with Crippen LogP contribution in [0.5, 0.6) is 11.5 Å². The number of hydrogen-bond acceptors (Lipinski definition) is 5. The third kappa shape index (κ3) is 6.14. The number of allylic oxidation sites excluding steroid dienone is 1. The van der Waals surface area contributed by atoms with Crippen LogP contribution in [-0.2, 0) is 9.53 Å². The van der Waals surface area contributed by atoms with Crippen molar-refractivity contribution in [3.05, 3.63) is 29.3 Å². The van der Waals surface area contributed by atoms with Gasteiger partial charge < -0.3 is 19.5 Å². The molecule has 1 rings (SSSR count). The first-order chi connectivity index (χ1) is 12.0. The van der Waals surface area contributed by atoms with Gasteiger partial charge in [0.15, 0.2) is 18.1 Å². The van der Waals surface area contributed by atoms with E-state index in [4.69, 9.17) is 14.2 Å². The van der Waals surface area contributed by atoms with Gasteiger partial charge in [-0.15, -0.1) is 0 Å². The first-order valence-corrected chi connectivity index (χ1v) is 8.31. The lowest BCUT2D eigenvalue weighted by molar-refractivity contribution is -0.124. The predicted octanol–water partition coefficient (Wildman–Crippen LogP) is 3.20. The molecule has 1 N–H and O–H groups in total. The van der Waals surface area contributed by atoms with Gasteiger partial charge in [0.2, 0.25) is 0 Å². The van der Waals surface area contributed by atoms with E-state index in [9.17, 15) is 9.59 Å². The molecule has 0 aliphatic rings. The van der Waals surface area contributed by atoms with E-state index in [1.54, 1.807) is 12.1 Å². The average molecular weight is 349 g/mol. The van der Waals surface area contributed by atoms with E-state index in [0.717, 1.165) is 12.8 Å². The van der Waals surface area contributed by atoms with Crippen molar-refractivity contribution in [3.8, 4) is 11.5 Å². The molecular weight excluding hydrogens is 322 g/mol. The highest BCUT2D eigenvalue weighted by molar-refractivity contribution is 5.93. The number of esters is 1. The van der Waals surface area contributed by atoms with E-state index in [1.165, 1.54) is 20.3 Å². The number of methoxy groups -OCH3 is 2. The molecule has 0 saturated carbocycles. The molecule has 0 fully saturated rings. The lowest BCUT2D eigenvalue weighted by Crippen LogP contribution is -2.35. The fourth-order valence-corrected chi connectivity index (χ4v) is 2.45. The summed E-state index contributed by atoms with van der Waals surface area (Å²) in [5.41, 5.74) is 0.984. The largest absolute Gasteiger partial charge is 0.493 e. The van der Waals surface area contributed by atoms with Crippen molar-refractivity contribution in [2.45, 2.75) is 39.7 Å². The Morgan fingerprint density at radius 1 is 1.24 bits per heavy atom. The van der Waals surface area contributed by atoms with Crippen molar-refractivity contribution in [2.75, 3.05) is 20.8 Å². The van der Waals surface area contributed by atoms with Crippen molar-refractivity contribution in [2.24, 2.45) is 0 Å². The molecular formula is C19H27NO5. The van der Waals surface area contributed by atoms with E-state index in [0.29, 0.717) is 22.6 Å². The minimum atomic E-state index is -0.593. The third-order valence-corrected chi connectivity index (χ3v) is 3.55. The molecule has 138 valence electrons. The monoisotopic (exact) mass is 349 g/mol. The molecule has 1 atom stereocenters. The summed E-state index contributed by atoms with van der Waals surface area (Å²) in [6, 6.07) is 3.23. The van der Waals surface area contributed by atoms with E-state index in [2.05, 4.69) is 5.32 Å². The Labute approximate surface area is 149 Å². The van der Waals surface area contributed by atoms with Crippen molar-refractivity contribution >= 4 is 18.0 Å². The molecule has 6 heteroatoms. The molecule has 1 unspecified atom stereocenters. The van der Waals surface area contributed by atoms with Gasteiger partial charge in [-0.25, -0.2) is 4.79 Å². The van der Waals surface area contributed by atoms with Crippen LogP contribution in [0.4, 0.5) is 0 Å². The fourth-order valence-electron chi connectivity index (χ4n) is 2.45. The highest BCUT2D eigenvalue weighted by atomic mass is 16.5. The van der Waals surface area contributed by atoms with Crippen molar-refractivity contribution in [1.82, 2.24) is 5.32 Å². The van der Waals surface area contributed by atoms with Gasteiger partial charge >= 0.3 is 5.97 Å². The number of hydrogen-bond donors (Lipinski definition) is 1. The zero-order valence-corrected chi connectivity index (χ0v) is 15.5. The summed E-state index contributed by atoms with van der Waals surface area (Å²) >= 11 is 0. The minimum absolute atomic E-state index is 0.0542. The summed E-state index contributed by atoms with van der Waals surface area (Å²) in [7, 11) is 3.03. The molecule has 1 amide bonds. The maximum absolute atomic E-state index is 12.3. The summed E-state index contributed by atoms with van der Waals surface area (Å²) in [4.78, 5) is 24.1. The highest BCUT2D eigenvalue weighted by Gasteiger charge is 2.17. The Morgan fingerprint density at radius 3 is 2.52 bits per heavy atom. The maximum atomic E-state index is 12.3. The van der Waals surface area contributed by atoms with Crippen LogP contribution >= 0.6 is 0 Å². The Kier molecular flexibility index (Phi) is 8.53. The molecule has 25 heavy (non-hydrogen) atoms. The number of nitrogens with one attached hydrogen (secondary N) is 1. The van der Waals surface area contributed by atoms with Gasteiger partial charge in [0, 0.05) is 11.6 Å². The fraction of sp³-hybridized carbons (Fsp3) is 0.474. The third-order valence-electron chi connectivity index (χ3n) is 3.55. The van der Waals surface area contributed by atoms with Crippen LogP contribution in [0, 0.1) is 0 Å². The smallest absolute Gasteiger partial charge is 0.338 e. The van der Waals surface area contributed by atoms with Crippen molar-refractivity contribution in [1.29, 1.82) is 0 Å². The quantitative estimate of drug-likeness (QED) is 0.693. The van der Waals surface area contributed by atoms with Gasteiger partial charge in [-0.3, -0.25) is 4.79 Å². The number of benzene rings is 1. The van der Waals surface area contributed by atoms with Gasteiger partial charge in [0.25, 0.3) is 5.91 Å². The van der Waals surface area contributed by atoms with Crippen LogP contribution in [-0.4, -0.2) is 38.7 Å². The number of carbonyl (C=O) groups excluding carboxylic acids is 2. The second-order valence-electron chi connectivity index (χ2n) is 5.63. The maximum Gasteiger partial charge on any atom is 0.338 e. The van der Waals surface area contributed by atoms with E-state index in [1.807, 2.05) is 26.8 Å².